The molecule has 0 bridgehead atoms. The molecule has 0 aliphatic heterocycles. The van der Waals surface area contributed by atoms with Crippen LogP contribution in [0.25, 0.3) is 0 Å². The van der Waals surface area contributed by atoms with Crippen molar-refractivity contribution < 1.29 is 24.2 Å². The molecule has 0 aliphatic carbocycles. The van der Waals surface area contributed by atoms with Crippen molar-refractivity contribution in [2.24, 2.45) is 0 Å². The number of nitrogens with zero attached hydrogens (tertiary/aromatic N) is 2. The first-order valence-electron chi connectivity index (χ1n) is 5.90. The van der Waals surface area contributed by atoms with Crippen molar-refractivity contribution >= 4 is 29.6 Å². The zero-order valence-electron chi connectivity index (χ0n) is 11.7. The van der Waals surface area contributed by atoms with Crippen LogP contribution in [0.5, 0.6) is 0 Å². The number of nitrogens with one attached hydrogen (secondary N) is 1. The zero-order valence-corrected chi connectivity index (χ0v) is 12.6. The van der Waals surface area contributed by atoms with Crippen LogP contribution >= 0.6 is 11.8 Å². The van der Waals surface area contributed by atoms with Gasteiger partial charge in [0.25, 0.3) is 0 Å². The van der Waals surface area contributed by atoms with Gasteiger partial charge in [0.05, 0.1) is 7.11 Å². The molecule has 1 atom stereocenters. The van der Waals surface area contributed by atoms with Crippen molar-refractivity contribution in [3.8, 4) is 0 Å². The maximum Gasteiger partial charge on any atom is 0.376 e. The number of aryl methyl sites for hydroxylation is 1. The number of methoxy groups -OCH3 is 1. The molecule has 1 rings (SSSR count). The Morgan fingerprint density at radius 2 is 2.10 bits per heavy atom. The molecule has 1 unspecified atom stereocenters. The van der Waals surface area contributed by atoms with Gasteiger partial charge >= 0.3 is 11.9 Å². The first kappa shape index (κ1) is 16.9. The predicted molar refractivity (Wildman–Crippen MR) is 74.1 cm³/mol. The Kier molecular flexibility index (Phi) is 6.10. The highest BCUT2D eigenvalue weighted by molar-refractivity contribution is 7.99. The van der Waals surface area contributed by atoms with Gasteiger partial charge in [-0.05, 0) is 13.0 Å². The predicted octanol–water partition coefficient (Wildman–Crippen LogP) is 0.253. The number of hydrogen-bond donors (Lipinski definition) is 2. The van der Waals surface area contributed by atoms with Gasteiger partial charge in [-0.15, -0.1) is 11.8 Å². The monoisotopic (exact) mass is 313 g/mol. The van der Waals surface area contributed by atoms with E-state index in [9.17, 15) is 14.4 Å². The number of ether oxygens (including phenoxy) is 1. The summed E-state index contributed by atoms with van der Waals surface area (Å²) >= 11 is 1.10. The van der Waals surface area contributed by atoms with Crippen molar-refractivity contribution in [2.75, 3.05) is 12.9 Å². The van der Waals surface area contributed by atoms with E-state index in [1.54, 1.807) is 13.0 Å². The smallest absolute Gasteiger partial charge is 0.376 e. The molecule has 0 spiro atoms. The number of amides is 1. The molecule has 0 aliphatic rings. The highest BCUT2D eigenvalue weighted by Crippen LogP contribution is 2.17. The molecule has 2 N–H and O–H groups in total. The van der Waals surface area contributed by atoms with Crippen LogP contribution in [0.1, 0.15) is 23.2 Å². The number of carbonyl (C=O) groups excluding carboxylic acids is 2. The number of carboxylic acids is 1. The minimum Gasteiger partial charge on any atom is -0.480 e. The number of aliphatic carboxylic acids is 1. The van der Waals surface area contributed by atoms with Gasteiger partial charge in [-0.1, -0.05) is 0 Å². The summed E-state index contributed by atoms with van der Waals surface area (Å²) in [6, 6.07) is 0.577. The molecule has 1 aromatic heterocycles. The second-order valence-electron chi connectivity index (χ2n) is 4.07. The van der Waals surface area contributed by atoms with Crippen LogP contribution < -0.4 is 5.32 Å². The van der Waals surface area contributed by atoms with Gasteiger partial charge in [-0.2, -0.15) is 0 Å². The molecule has 21 heavy (non-hydrogen) atoms. The van der Waals surface area contributed by atoms with Crippen molar-refractivity contribution in [3.05, 3.63) is 17.6 Å². The zero-order chi connectivity index (χ0) is 16.0. The minimum absolute atomic E-state index is 0.0754. The minimum atomic E-state index is -1.14. The summed E-state index contributed by atoms with van der Waals surface area (Å²) in [6.07, 6.45) is 0. The molecule has 0 saturated carbocycles. The lowest BCUT2D eigenvalue weighted by Gasteiger charge is -2.12. The van der Waals surface area contributed by atoms with Crippen LogP contribution in [-0.2, 0) is 14.3 Å². The Bertz CT molecular complexity index is 564. The third-order valence-corrected chi connectivity index (χ3v) is 3.28. The maximum absolute atomic E-state index is 11.4. The lowest BCUT2D eigenvalue weighted by molar-refractivity contribution is -0.140. The Morgan fingerprint density at radius 3 is 2.62 bits per heavy atom. The number of esters is 1. The van der Waals surface area contributed by atoms with Crippen molar-refractivity contribution in [1.29, 1.82) is 0 Å². The highest BCUT2D eigenvalue weighted by Gasteiger charge is 2.19. The second kappa shape index (κ2) is 7.58. The van der Waals surface area contributed by atoms with Gasteiger partial charge < -0.3 is 15.2 Å². The summed E-state index contributed by atoms with van der Waals surface area (Å²) in [7, 11) is 1.22. The molecule has 0 fully saturated rings. The van der Waals surface area contributed by atoms with Gasteiger partial charge in [-0.25, -0.2) is 19.6 Å². The van der Waals surface area contributed by atoms with Gasteiger partial charge in [0.2, 0.25) is 11.7 Å². The Labute approximate surface area is 125 Å². The van der Waals surface area contributed by atoms with E-state index < -0.39 is 23.9 Å². The van der Waals surface area contributed by atoms with Crippen LogP contribution in [0.3, 0.4) is 0 Å². The van der Waals surface area contributed by atoms with Gasteiger partial charge in [-0.3, -0.25) is 4.79 Å². The van der Waals surface area contributed by atoms with E-state index in [0.717, 1.165) is 11.8 Å². The van der Waals surface area contributed by atoms with Crippen LogP contribution in [0.4, 0.5) is 0 Å². The molecule has 1 heterocycles. The van der Waals surface area contributed by atoms with Gasteiger partial charge in [0, 0.05) is 18.4 Å². The molecular formula is C12H15N3O5S. The van der Waals surface area contributed by atoms with E-state index in [1.807, 2.05) is 0 Å². The van der Waals surface area contributed by atoms with E-state index in [-0.39, 0.29) is 11.6 Å². The molecule has 0 aromatic carbocycles. The first-order chi connectivity index (χ1) is 9.83. The van der Waals surface area contributed by atoms with Crippen LogP contribution in [-0.4, -0.2) is 51.8 Å². The fourth-order valence-corrected chi connectivity index (χ4v) is 2.35. The number of carboxylic acid groups (broad SMARTS) is 1. The highest BCUT2D eigenvalue weighted by atomic mass is 32.2. The molecule has 114 valence electrons. The molecule has 1 amide bonds. The topological polar surface area (TPSA) is 118 Å². The number of thioether (sulfide) groups is 1. The average Bonchev–Trinajstić information content (AvgIpc) is 2.41. The summed E-state index contributed by atoms with van der Waals surface area (Å²) in [4.78, 5) is 41.3. The lowest BCUT2D eigenvalue weighted by Crippen LogP contribution is -2.41. The van der Waals surface area contributed by atoms with E-state index in [2.05, 4.69) is 20.0 Å². The normalized spacial score (nSPS) is 11.6. The summed E-state index contributed by atoms with van der Waals surface area (Å²) in [5.74, 6) is -2.26. The quantitative estimate of drug-likeness (QED) is 0.436. The van der Waals surface area contributed by atoms with E-state index >= 15 is 0 Å². The van der Waals surface area contributed by atoms with Crippen LogP contribution in [0, 0.1) is 6.92 Å². The molecule has 8 nitrogen and oxygen atoms in total. The largest absolute Gasteiger partial charge is 0.480 e. The van der Waals surface area contributed by atoms with Crippen molar-refractivity contribution in [1.82, 2.24) is 15.3 Å². The number of aromatic nitrogens is 2. The molecule has 1 aromatic rings. The van der Waals surface area contributed by atoms with Crippen molar-refractivity contribution in [2.45, 2.75) is 24.9 Å². The summed E-state index contributed by atoms with van der Waals surface area (Å²) < 4.78 is 4.54. The maximum atomic E-state index is 11.4. The Balaban J connectivity index is 2.82. The average molecular weight is 313 g/mol. The Hall–Kier alpha value is -2.16. The van der Waals surface area contributed by atoms with Gasteiger partial charge in [0.15, 0.2) is 0 Å². The van der Waals surface area contributed by atoms with Gasteiger partial charge in [0.1, 0.15) is 11.1 Å². The van der Waals surface area contributed by atoms with E-state index in [4.69, 9.17) is 5.11 Å². The lowest BCUT2D eigenvalue weighted by atomic mass is 10.3. The standard InChI is InChI=1S/C12H15N3O5S/c1-6-4-9(15-10(13-6)12(19)20-3)21-5-8(11(17)18)14-7(2)16/h4,8H,5H2,1-3H3,(H,14,16)(H,17,18). The third kappa shape index (κ3) is 5.38. The second-order valence-corrected chi connectivity index (χ2v) is 5.11. The number of hydrogen-bond acceptors (Lipinski definition) is 7. The number of carbonyl (C=O) groups is 3. The number of rotatable bonds is 6. The third-order valence-electron chi connectivity index (χ3n) is 2.27. The molecule has 0 radical (unpaired) electrons. The SMILES string of the molecule is COC(=O)c1nc(C)cc(SCC(NC(C)=O)C(=O)O)n1. The first-order valence-corrected chi connectivity index (χ1v) is 6.88. The van der Waals surface area contributed by atoms with Crippen LogP contribution in [0.15, 0.2) is 11.1 Å². The molecular weight excluding hydrogens is 298 g/mol. The summed E-state index contributed by atoms with van der Waals surface area (Å²) in [5.41, 5.74) is 0.555. The summed E-state index contributed by atoms with van der Waals surface area (Å²) in [6.45, 7) is 2.92. The fourth-order valence-electron chi connectivity index (χ4n) is 1.38. The molecule has 9 heteroatoms. The molecule has 0 saturated heterocycles. The summed E-state index contributed by atoms with van der Waals surface area (Å²) in [5, 5.41) is 11.7. The Morgan fingerprint density at radius 1 is 1.43 bits per heavy atom. The fraction of sp³-hybridized carbons (Fsp3) is 0.417. The van der Waals surface area contributed by atoms with Crippen LogP contribution in [0.2, 0.25) is 0 Å². The van der Waals surface area contributed by atoms with Crippen molar-refractivity contribution in [3.63, 3.8) is 0 Å². The van der Waals surface area contributed by atoms with E-state index in [1.165, 1.54) is 14.0 Å². The van der Waals surface area contributed by atoms with E-state index in [0.29, 0.717) is 10.7 Å².